The Kier molecular flexibility index (Phi) is 4.04. The summed E-state index contributed by atoms with van der Waals surface area (Å²) in [6.07, 6.45) is 0.523. The number of aromatic nitrogens is 1. The summed E-state index contributed by atoms with van der Waals surface area (Å²) in [5.41, 5.74) is 0.742. The van der Waals surface area contributed by atoms with Crippen molar-refractivity contribution in [2.24, 2.45) is 0 Å². The van der Waals surface area contributed by atoms with Gasteiger partial charge >= 0.3 is 0 Å². The predicted molar refractivity (Wildman–Crippen MR) is 70.8 cm³/mol. The molecule has 0 radical (unpaired) electrons. The van der Waals surface area contributed by atoms with E-state index < -0.39 is 11.0 Å². The number of hydrogen-bond acceptors (Lipinski definition) is 5. The minimum Gasteiger partial charge on any atom is -0.387 e. The van der Waals surface area contributed by atoms with Crippen LogP contribution in [0.15, 0.2) is 48.7 Å². The summed E-state index contributed by atoms with van der Waals surface area (Å²) in [4.78, 5) is 13.9. The van der Waals surface area contributed by atoms with Crippen molar-refractivity contribution in [3.63, 3.8) is 0 Å². The van der Waals surface area contributed by atoms with E-state index in [0.717, 1.165) is 5.56 Å². The predicted octanol–water partition coefficient (Wildman–Crippen LogP) is 2.14. The van der Waals surface area contributed by atoms with Gasteiger partial charge in [0.05, 0.1) is 11.0 Å². The van der Waals surface area contributed by atoms with Crippen LogP contribution in [-0.2, 0) is 0 Å². The Balaban J connectivity index is 1.93. The van der Waals surface area contributed by atoms with Gasteiger partial charge < -0.3 is 10.4 Å². The molecule has 98 valence electrons. The van der Waals surface area contributed by atoms with Crippen molar-refractivity contribution in [1.29, 1.82) is 0 Å². The lowest BCUT2D eigenvalue weighted by molar-refractivity contribution is -0.385. The number of anilines is 1. The van der Waals surface area contributed by atoms with Crippen molar-refractivity contribution in [3.8, 4) is 0 Å². The van der Waals surface area contributed by atoms with Gasteiger partial charge in [-0.2, -0.15) is 0 Å². The van der Waals surface area contributed by atoms with Crippen LogP contribution in [-0.4, -0.2) is 21.6 Å². The molecule has 0 aliphatic carbocycles. The largest absolute Gasteiger partial charge is 0.387 e. The topological polar surface area (TPSA) is 88.3 Å². The molecule has 0 amide bonds. The third kappa shape index (κ3) is 3.49. The molecule has 0 saturated carbocycles. The number of nitrogens with one attached hydrogen (secondary N) is 1. The molecule has 0 unspecified atom stereocenters. The highest BCUT2D eigenvalue weighted by Crippen LogP contribution is 2.15. The van der Waals surface area contributed by atoms with Gasteiger partial charge in [-0.25, -0.2) is 4.98 Å². The summed E-state index contributed by atoms with van der Waals surface area (Å²) in [5, 5.41) is 23.3. The van der Waals surface area contributed by atoms with Crippen LogP contribution in [0, 0.1) is 10.1 Å². The maximum Gasteiger partial charge on any atom is 0.287 e. The molecule has 2 rings (SSSR count). The number of aliphatic hydroxyl groups excluding tert-OH is 1. The van der Waals surface area contributed by atoms with Crippen molar-refractivity contribution >= 4 is 11.5 Å². The van der Waals surface area contributed by atoms with Gasteiger partial charge in [0, 0.05) is 12.6 Å². The first-order valence-electron chi connectivity index (χ1n) is 5.74. The molecule has 2 N–H and O–H groups in total. The Labute approximate surface area is 109 Å². The molecule has 0 fully saturated rings. The average molecular weight is 259 g/mol. The SMILES string of the molecule is O=[N+]([O-])c1ccc(NC[C@@H](O)c2ccccc2)nc1. The highest BCUT2D eigenvalue weighted by Gasteiger charge is 2.08. The third-order valence-corrected chi connectivity index (χ3v) is 2.62. The van der Waals surface area contributed by atoms with Crippen molar-refractivity contribution in [3.05, 3.63) is 64.3 Å². The lowest BCUT2D eigenvalue weighted by Crippen LogP contribution is -2.12. The number of nitrogens with zero attached hydrogens (tertiary/aromatic N) is 2. The maximum absolute atomic E-state index is 10.5. The van der Waals surface area contributed by atoms with E-state index in [1.165, 1.54) is 18.3 Å². The zero-order valence-electron chi connectivity index (χ0n) is 10.1. The van der Waals surface area contributed by atoms with Crippen molar-refractivity contribution in [2.75, 3.05) is 11.9 Å². The van der Waals surface area contributed by atoms with Crippen molar-refractivity contribution < 1.29 is 10.0 Å². The first kappa shape index (κ1) is 13.0. The van der Waals surface area contributed by atoms with E-state index in [4.69, 9.17) is 0 Å². The molecular formula is C13H13N3O3. The number of hydrogen-bond donors (Lipinski definition) is 2. The Morgan fingerprint density at radius 3 is 2.58 bits per heavy atom. The third-order valence-electron chi connectivity index (χ3n) is 2.62. The number of pyridine rings is 1. The number of nitro groups is 1. The molecule has 0 aliphatic rings. The summed E-state index contributed by atoms with van der Waals surface area (Å²) >= 11 is 0. The van der Waals surface area contributed by atoms with Crippen LogP contribution < -0.4 is 5.32 Å². The Hall–Kier alpha value is -2.47. The van der Waals surface area contributed by atoms with Gasteiger partial charge in [-0.3, -0.25) is 10.1 Å². The van der Waals surface area contributed by atoms with Gasteiger partial charge in [0.2, 0.25) is 0 Å². The fourth-order valence-corrected chi connectivity index (χ4v) is 1.59. The van der Waals surface area contributed by atoms with E-state index in [1.807, 2.05) is 30.3 Å². The summed E-state index contributed by atoms with van der Waals surface area (Å²) in [6.45, 7) is 0.287. The van der Waals surface area contributed by atoms with E-state index in [-0.39, 0.29) is 12.2 Å². The smallest absolute Gasteiger partial charge is 0.287 e. The maximum atomic E-state index is 10.5. The van der Waals surface area contributed by atoms with Gasteiger partial charge in [-0.1, -0.05) is 30.3 Å². The van der Waals surface area contributed by atoms with E-state index in [9.17, 15) is 15.2 Å². The zero-order valence-corrected chi connectivity index (χ0v) is 10.1. The zero-order chi connectivity index (χ0) is 13.7. The molecule has 1 aromatic heterocycles. The minimum absolute atomic E-state index is 0.0610. The van der Waals surface area contributed by atoms with E-state index in [0.29, 0.717) is 5.82 Å². The Bertz CT molecular complexity index is 543. The fourth-order valence-electron chi connectivity index (χ4n) is 1.59. The Morgan fingerprint density at radius 2 is 2.00 bits per heavy atom. The van der Waals surface area contributed by atoms with Gasteiger partial charge in [0.15, 0.2) is 0 Å². The first-order chi connectivity index (χ1) is 9.16. The van der Waals surface area contributed by atoms with Gasteiger partial charge in [-0.15, -0.1) is 0 Å². The number of rotatable bonds is 5. The molecule has 19 heavy (non-hydrogen) atoms. The molecule has 0 spiro atoms. The van der Waals surface area contributed by atoms with Crippen molar-refractivity contribution in [1.82, 2.24) is 4.98 Å². The molecule has 0 saturated heterocycles. The second kappa shape index (κ2) is 5.92. The molecule has 6 nitrogen and oxygen atoms in total. The lowest BCUT2D eigenvalue weighted by atomic mass is 10.1. The molecule has 1 atom stereocenters. The van der Waals surface area contributed by atoms with E-state index in [2.05, 4.69) is 10.3 Å². The lowest BCUT2D eigenvalue weighted by Gasteiger charge is -2.12. The fraction of sp³-hybridized carbons (Fsp3) is 0.154. The summed E-state index contributed by atoms with van der Waals surface area (Å²) in [6, 6.07) is 12.1. The van der Waals surface area contributed by atoms with Crippen LogP contribution in [0.3, 0.4) is 0 Å². The quantitative estimate of drug-likeness (QED) is 0.634. The Morgan fingerprint density at radius 1 is 1.26 bits per heavy atom. The molecule has 2 aromatic rings. The average Bonchev–Trinajstić information content (AvgIpc) is 2.46. The summed E-state index contributed by atoms with van der Waals surface area (Å²) in [5.74, 6) is 0.487. The molecule has 0 aliphatic heterocycles. The highest BCUT2D eigenvalue weighted by molar-refractivity contribution is 5.40. The molecular weight excluding hydrogens is 246 g/mol. The monoisotopic (exact) mass is 259 g/mol. The van der Waals surface area contributed by atoms with Crippen LogP contribution in [0.4, 0.5) is 11.5 Å². The number of aliphatic hydroxyl groups is 1. The van der Waals surface area contributed by atoms with Crippen LogP contribution in [0.1, 0.15) is 11.7 Å². The van der Waals surface area contributed by atoms with Crippen LogP contribution in [0.25, 0.3) is 0 Å². The molecule has 1 heterocycles. The van der Waals surface area contributed by atoms with Crippen molar-refractivity contribution in [2.45, 2.75) is 6.10 Å². The minimum atomic E-state index is -0.654. The second-order valence-corrected chi connectivity index (χ2v) is 3.97. The first-order valence-corrected chi connectivity index (χ1v) is 5.74. The molecule has 6 heteroatoms. The summed E-state index contributed by atoms with van der Waals surface area (Å²) in [7, 11) is 0. The molecule has 0 bridgehead atoms. The van der Waals surface area contributed by atoms with E-state index >= 15 is 0 Å². The normalized spacial score (nSPS) is 11.8. The van der Waals surface area contributed by atoms with Gasteiger partial charge in [0.1, 0.15) is 12.0 Å². The van der Waals surface area contributed by atoms with Gasteiger partial charge in [0.25, 0.3) is 5.69 Å². The summed E-state index contributed by atoms with van der Waals surface area (Å²) < 4.78 is 0. The van der Waals surface area contributed by atoms with Crippen LogP contribution in [0.5, 0.6) is 0 Å². The second-order valence-electron chi connectivity index (χ2n) is 3.97. The number of benzene rings is 1. The standard InChI is InChI=1S/C13H13N3O3/c17-12(10-4-2-1-3-5-10)9-15-13-7-6-11(8-14-13)16(18)19/h1-8,12,17H,9H2,(H,14,15)/t12-/m1/s1. The van der Waals surface area contributed by atoms with Gasteiger partial charge in [-0.05, 0) is 11.6 Å². The van der Waals surface area contributed by atoms with E-state index in [1.54, 1.807) is 0 Å². The van der Waals surface area contributed by atoms with Crippen LogP contribution >= 0.6 is 0 Å². The molecule has 1 aromatic carbocycles. The van der Waals surface area contributed by atoms with Crippen LogP contribution in [0.2, 0.25) is 0 Å². The highest BCUT2D eigenvalue weighted by atomic mass is 16.6.